The maximum absolute atomic E-state index is 5.35. The zero-order chi connectivity index (χ0) is 17.5. The summed E-state index contributed by atoms with van der Waals surface area (Å²) in [5.41, 5.74) is 2.55. The number of fused-ring (bicyclic) bond motifs is 3. The lowest BCUT2D eigenvalue weighted by Gasteiger charge is -2.13. The zero-order valence-electron chi connectivity index (χ0n) is 14.6. The minimum atomic E-state index is 0.890. The first kappa shape index (κ1) is 15.0. The van der Waals surface area contributed by atoms with E-state index in [2.05, 4.69) is 84.9 Å². The van der Waals surface area contributed by atoms with Gasteiger partial charge in [0, 0.05) is 0 Å². The van der Waals surface area contributed by atoms with Crippen molar-refractivity contribution in [3.8, 4) is 16.9 Å². The van der Waals surface area contributed by atoms with Crippen LogP contribution in [-0.4, -0.2) is 7.11 Å². The molecule has 0 unspecified atom stereocenters. The van der Waals surface area contributed by atoms with Crippen molar-refractivity contribution in [2.24, 2.45) is 0 Å². The molecule has 0 saturated carbocycles. The van der Waals surface area contributed by atoms with Crippen LogP contribution in [0.5, 0.6) is 5.75 Å². The largest absolute Gasteiger partial charge is 0.497 e. The minimum absolute atomic E-state index is 0.890. The van der Waals surface area contributed by atoms with Gasteiger partial charge in [-0.25, -0.2) is 0 Å². The van der Waals surface area contributed by atoms with Gasteiger partial charge in [0.1, 0.15) is 5.75 Å². The highest BCUT2D eigenvalue weighted by Gasteiger charge is 2.10. The Hall–Kier alpha value is -3.32. The number of ether oxygens (including phenoxy) is 1. The summed E-state index contributed by atoms with van der Waals surface area (Å²) in [6.07, 6.45) is 0. The maximum atomic E-state index is 5.35. The van der Waals surface area contributed by atoms with E-state index in [1.54, 1.807) is 7.11 Å². The monoisotopic (exact) mass is 334 g/mol. The lowest BCUT2D eigenvalue weighted by molar-refractivity contribution is 0.415. The van der Waals surface area contributed by atoms with E-state index in [9.17, 15) is 0 Å². The summed E-state index contributed by atoms with van der Waals surface area (Å²) in [7, 11) is 1.71. The number of hydrogen-bond donors (Lipinski definition) is 0. The Bertz CT molecular complexity index is 1210. The van der Waals surface area contributed by atoms with Crippen LogP contribution < -0.4 is 4.74 Å². The van der Waals surface area contributed by atoms with Crippen molar-refractivity contribution in [1.82, 2.24) is 0 Å². The fourth-order valence-corrected chi connectivity index (χ4v) is 3.83. The quantitative estimate of drug-likeness (QED) is 0.322. The van der Waals surface area contributed by atoms with Gasteiger partial charge in [0.15, 0.2) is 0 Å². The first-order chi connectivity index (χ1) is 12.8. The Balaban J connectivity index is 1.86. The SMILES string of the molecule is COc1ccc2cc(-c3c4ccccc4cc4ccccc34)ccc2c1. The summed E-state index contributed by atoms with van der Waals surface area (Å²) in [6, 6.07) is 32.5. The van der Waals surface area contributed by atoms with Gasteiger partial charge in [0.25, 0.3) is 0 Å². The predicted octanol–water partition coefficient (Wildman–Crippen LogP) is 6.82. The van der Waals surface area contributed by atoms with E-state index >= 15 is 0 Å². The molecule has 1 heteroatoms. The summed E-state index contributed by atoms with van der Waals surface area (Å²) >= 11 is 0. The molecular weight excluding hydrogens is 316 g/mol. The normalized spacial score (nSPS) is 11.3. The van der Waals surface area contributed by atoms with E-state index in [1.807, 2.05) is 6.07 Å². The molecule has 0 saturated heterocycles. The number of rotatable bonds is 2. The van der Waals surface area contributed by atoms with E-state index in [-0.39, 0.29) is 0 Å². The summed E-state index contributed by atoms with van der Waals surface area (Å²) in [6.45, 7) is 0. The molecule has 124 valence electrons. The molecule has 0 fully saturated rings. The molecular formula is C25H18O. The number of hydrogen-bond acceptors (Lipinski definition) is 1. The molecule has 0 amide bonds. The van der Waals surface area contributed by atoms with Gasteiger partial charge in [0.05, 0.1) is 7.11 Å². The fourth-order valence-electron chi connectivity index (χ4n) is 3.83. The Morgan fingerprint density at radius 1 is 0.538 bits per heavy atom. The molecule has 0 bridgehead atoms. The van der Waals surface area contributed by atoms with Crippen LogP contribution in [0.15, 0.2) is 91.0 Å². The molecule has 0 radical (unpaired) electrons. The van der Waals surface area contributed by atoms with Crippen molar-refractivity contribution < 1.29 is 4.74 Å². The topological polar surface area (TPSA) is 9.23 Å². The molecule has 0 aromatic heterocycles. The van der Waals surface area contributed by atoms with Crippen molar-refractivity contribution in [3.05, 3.63) is 91.0 Å². The highest BCUT2D eigenvalue weighted by Crippen LogP contribution is 2.37. The molecule has 0 aliphatic heterocycles. The summed E-state index contributed by atoms with van der Waals surface area (Å²) < 4.78 is 5.35. The Kier molecular flexibility index (Phi) is 3.39. The van der Waals surface area contributed by atoms with Crippen molar-refractivity contribution in [3.63, 3.8) is 0 Å². The Morgan fingerprint density at radius 2 is 1.15 bits per heavy atom. The van der Waals surface area contributed by atoms with E-state index in [4.69, 9.17) is 4.74 Å². The molecule has 5 aromatic carbocycles. The van der Waals surface area contributed by atoms with Crippen LogP contribution in [0, 0.1) is 0 Å². The first-order valence-corrected chi connectivity index (χ1v) is 8.82. The second-order valence-corrected chi connectivity index (χ2v) is 6.62. The lowest BCUT2D eigenvalue weighted by Crippen LogP contribution is -1.87. The number of benzene rings is 5. The van der Waals surface area contributed by atoms with Crippen LogP contribution in [-0.2, 0) is 0 Å². The van der Waals surface area contributed by atoms with Crippen molar-refractivity contribution in [2.45, 2.75) is 0 Å². The van der Waals surface area contributed by atoms with Crippen LogP contribution in [0.1, 0.15) is 0 Å². The smallest absolute Gasteiger partial charge is 0.119 e. The molecule has 0 N–H and O–H groups in total. The molecule has 0 heterocycles. The van der Waals surface area contributed by atoms with Crippen LogP contribution in [0.2, 0.25) is 0 Å². The average Bonchev–Trinajstić information content (AvgIpc) is 2.71. The van der Waals surface area contributed by atoms with E-state index in [1.165, 1.54) is 43.4 Å². The van der Waals surface area contributed by atoms with Gasteiger partial charge in [-0.3, -0.25) is 0 Å². The molecule has 1 nitrogen and oxygen atoms in total. The summed E-state index contributed by atoms with van der Waals surface area (Å²) in [4.78, 5) is 0. The van der Waals surface area contributed by atoms with Gasteiger partial charge in [-0.1, -0.05) is 66.7 Å². The molecule has 26 heavy (non-hydrogen) atoms. The van der Waals surface area contributed by atoms with Crippen molar-refractivity contribution >= 4 is 32.3 Å². The van der Waals surface area contributed by atoms with Gasteiger partial charge in [0.2, 0.25) is 0 Å². The van der Waals surface area contributed by atoms with Crippen molar-refractivity contribution in [2.75, 3.05) is 7.11 Å². The molecule has 5 aromatic rings. The molecule has 5 rings (SSSR count). The molecule has 0 aliphatic carbocycles. The Labute approximate surface area is 152 Å². The van der Waals surface area contributed by atoms with E-state index in [0.717, 1.165) is 5.75 Å². The molecule has 0 aliphatic rings. The summed E-state index contributed by atoms with van der Waals surface area (Å²) in [5, 5.41) is 7.54. The summed E-state index contributed by atoms with van der Waals surface area (Å²) in [5.74, 6) is 0.890. The van der Waals surface area contributed by atoms with Crippen LogP contribution in [0.4, 0.5) is 0 Å². The predicted molar refractivity (Wildman–Crippen MR) is 111 cm³/mol. The van der Waals surface area contributed by atoms with E-state index < -0.39 is 0 Å². The highest BCUT2D eigenvalue weighted by atomic mass is 16.5. The third-order valence-corrected chi connectivity index (χ3v) is 5.11. The highest BCUT2D eigenvalue weighted by molar-refractivity contribution is 6.13. The van der Waals surface area contributed by atoms with Gasteiger partial charge in [-0.15, -0.1) is 0 Å². The minimum Gasteiger partial charge on any atom is -0.497 e. The average molecular weight is 334 g/mol. The third kappa shape index (κ3) is 2.33. The second-order valence-electron chi connectivity index (χ2n) is 6.62. The van der Waals surface area contributed by atoms with Gasteiger partial charge in [-0.2, -0.15) is 0 Å². The number of methoxy groups -OCH3 is 1. The van der Waals surface area contributed by atoms with Gasteiger partial charge in [-0.05, 0) is 67.7 Å². The molecule has 0 atom stereocenters. The standard InChI is InChI=1S/C25H18O/c1-26-22-13-12-17-14-21(11-10-18(17)16-22)25-23-8-4-2-6-19(23)15-20-7-3-5-9-24(20)25/h2-16H,1H3. The van der Waals surface area contributed by atoms with Gasteiger partial charge < -0.3 is 4.74 Å². The van der Waals surface area contributed by atoms with Crippen molar-refractivity contribution in [1.29, 1.82) is 0 Å². The maximum Gasteiger partial charge on any atom is 0.119 e. The fraction of sp³-hybridized carbons (Fsp3) is 0.0400. The zero-order valence-corrected chi connectivity index (χ0v) is 14.6. The van der Waals surface area contributed by atoms with Crippen LogP contribution in [0.25, 0.3) is 43.4 Å². The second kappa shape index (κ2) is 5.89. The lowest BCUT2D eigenvalue weighted by atomic mass is 9.91. The van der Waals surface area contributed by atoms with Crippen LogP contribution >= 0.6 is 0 Å². The molecule has 0 spiro atoms. The first-order valence-electron chi connectivity index (χ1n) is 8.82. The van der Waals surface area contributed by atoms with Gasteiger partial charge >= 0.3 is 0 Å². The van der Waals surface area contributed by atoms with Crippen LogP contribution in [0.3, 0.4) is 0 Å². The van der Waals surface area contributed by atoms with E-state index in [0.29, 0.717) is 0 Å². The third-order valence-electron chi connectivity index (χ3n) is 5.11. The Morgan fingerprint density at radius 3 is 1.85 bits per heavy atom.